The highest BCUT2D eigenvalue weighted by molar-refractivity contribution is 5.77. The molecule has 5 nitrogen and oxygen atoms in total. The molecule has 6 heteroatoms. The summed E-state index contributed by atoms with van der Waals surface area (Å²) in [5.74, 6) is -1.51. The number of ether oxygens (including phenoxy) is 1. The number of benzene rings is 1. The van der Waals surface area contributed by atoms with Gasteiger partial charge >= 0.3 is 5.97 Å². The first-order chi connectivity index (χ1) is 9.08. The van der Waals surface area contributed by atoms with Crippen molar-refractivity contribution in [1.29, 1.82) is 0 Å². The molecule has 1 aromatic rings. The van der Waals surface area contributed by atoms with Crippen LogP contribution in [-0.4, -0.2) is 30.1 Å². The summed E-state index contributed by atoms with van der Waals surface area (Å²) >= 11 is 0. The Labute approximate surface area is 110 Å². The van der Waals surface area contributed by atoms with Crippen molar-refractivity contribution in [2.24, 2.45) is 0 Å². The van der Waals surface area contributed by atoms with Crippen LogP contribution in [0.4, 0.5) is 4.39 Å². The number of hydrogen-bond acceptors (Lipinski definition) is 3. The van der Waals surface area contributed by atoms with Crippen LogP contribution in [0, 0.1) is 5.82 Å². The molecule has 2 N–H and O–H groups in total. The topological polar surface area (TPSA) is 75.6 Å². The fraction of sp³-hybridized carbons (Fsp3) is 0.385. The zero-order valence-corrected chi connectivity index (χ0v) is 10.4. The maximum Gasteiger partial charge on any atom is 0.303 e. The lowest BCUT2D eigenvalue weighted by Crippen LogP contribution is -2.28. The Bertz CT molecular complexity index is 419. The number of rotatable bonds is 8. The predicted molar refractivity (Wildman–Crippen MR) is 65.9 cm³/mol. The molecule has 0 aliphatic rings. The van der Waals surface area contributed by atoms with Crippen LogP contribution in [0.2, 0.25) is 0 Å². The van der Waals surface area contributed by atoms with E-state index >= 15 is 0 Å². The summed E-state index contributed by atoms with van der Waals surface area (Å²) in [5, 5.41) is 10.9. The van der Waals surface area contributed by atoms with Gasteiger partial charge < -0.3 is 15.2 Å². The molecule has 0 atom stereocenters. The highest BCUT2D eigenvalue weighted by Crippen LogP contribution is 2.03. The number of carboxylic acids is 1. The monoisotopic (exact) mass is 269 g/mol. The molecule has 0 bridgehead atoms. The lowest BCUT2D eigenvalue weighted by Gasteiger charge is -2.05. The predicted octanol–water partition coefficient (Wildman–Crippen LogP) is 1.32. The third-order valence-electron chi connectivity index (χ3n) is 2.30. The second-order valence-corrected chi connectivity index (χ2v) is 3.97. The number of carbonyl (C=O) groups excluding carboxylic acids is 1. The average molecular weight is 269 g/mol. The highest BCUT2D eigenvalue weighted by Gasteiger charge is 2.02. The Balaban J connectivity index is 2.10. The fourth-order valence-corrected chi connectivity index (χ4v) is 1.36. The molecule has 0 aliphatic heterocycles. The molecule has 0 aliphatic carbocycles. The minimum absolute atomic E-state index is 0.0245. The summed E-state index contributed by atoms with van der Waals surface area (Å²) in [5.41, 5.74) is 0.778. The second kappa shape index (κ2) is 8.20. The lowest BCUT2D eigenvalue weighted by atomic mass is 10.2. The van der Waals surface area contributed by atoms with E-state index in [1.807, 2.05) is 0 Å². The van der Waals surface area contributed by atoms with Gasteiger partial charge in [0.15, 0.2) is 0 Å². The number of carbonyl (C=O) groups is 2. The maximum absolute atomic E-state index is 12.6. The number of halogens is 1. The van der Waals surface area contributed by atoms with Crippen molar-refractivity contribution in [3.63, 3.8) is 0 Å². The highest BCUT2D eigenvalue weighted by atomic mass is 19.1. The van der Waals surface area contributed by atoms with Gasteiger partial charge in [-0.3, -0.25) is 9.59 Å². The molecule has 0 fully saturated rings. The van der Waals surface area contributed by atoms with Gasteiger partial charge in [0.05, 0.1) is 6.61 Å². The number of hydrogen-bond donors (Lipinski definition) is 2. The van der Waals surface area contributed by atoms with E-state index in [4.69, 9.17) is 9.84 Å². The Kier molecular flexibility index (Phi) is 6.52. The standard InChI is InChI=1S/C13H16FNO4/c14-11-5-3-10(4-6-11)8-19-9-12(16)15-7-1-2-13(17)18/h3-6H,1-2,7-9H2,(H,15,16)(H,17,18). The zero-order chi connectivity index (χ0) is 14.1. The van der Waals surface area contributed by atoms with Gasteiger partial charge in [0, 0.05) is 13.0 Å². The van der Waals surface area contributed by atoms with Crippen molar-refractivity contribution in [3.05, 3.63) is 35.6 Å². The molecule has 0 spiro atoms. The van der Waals surface area contributed by atoms with E-state index in [0.717, 1.165) is 5.56 Å². The second-order valence-electron chi connectivity index (χ2n) is 3.97. The van der Waals surface area contributed by atoms with Gasteiger partial charge in [0.1, 0.15) is 12.4 Å². The summed E-state index contributed by atoms with van der Waals surface area (Å²) < 4.78 is 17.8. The summed E-state index contributed by atoms with van der Waals surface area (Å²) in [7, 11) is 0. The van der Waals surface area contributed by atoms with Crippen LogP contribution < -0.4 is 5.32 Å². The maximum atomic E-state index is 12.6. The first kappa shape index (κ1) is 15.1. The summed E-state index contributed by atoms with van der Waals surface area (Å²) in [6, 6.07) is 5.82. The van der Waals surface area contributed by atoms with E-state index in [1.165, 1.54) is 12.1 Å². The van der Waals surface area contributed by atoms with Crippen molar-refractivity contribution < 1.29 is 23.8 Å². The molecule has 1 amide bonds. The quantitative estimate of drug-likeness (QED) is 0.698. The van der Waals surface area contributed by atoms with Crippen molar-refractivity contribution in [2.45, 2.75) is 19.4 Å². The molecule has 0 saturated carbocycles. The fourth-order valence-electron chi connectivity index (χ4n) is 1.36. The molecule has 0 saturated heterocycles. The average Bonchev–Trinajstić information content (AvgIpc) is 2.37. The number of nitrogens with one attached hydrogen (secondary N) is 1. The molecule has 1 rings (SSSR count). The largest absolute Gasteiger partial charge is 0.481 e. The minimum atomic E-state index is -0.887. The smallest absolute Gasteiger partial charge is 0.303 e. The van der Waals surface area contributed by atoms with Crippen molar-refractivity contribution >= 4 is 11.9 Å². The number of carboxylic acid groups (broad SMARTS) is 1. The van der Waals surface area contributed by atoms with Crippen LogP contribution in [0.1, 0.15) is 18.4 Å². The third-order valence-corrected chi connectivity index (χ3v) is 2.30. The van der Waals surface area contributed by atoms with E-state index in [2.05, 4.69) is 5.32 Å². The van der Waals surface area contributed by atoms with Crippen LogP contribution in [-0.2, 0) is 20.9 Å². The first-order valence-electron chi connectivity index (χ1n) is 5.88. The van der Waals surface area contributed by atoms with Gasteiger partial charge in [-0.25, -0.2) is 4.39 Å². The molecular formula is C13H16FNO4. The van der Waals surface area contributed by atoms with E-state index < -0.39 is 5.97 Å². The molecule has 0 radical (unpaired) electrons. The van der Waals surface area contributed by atoms with Crippen LogP contribution in [0.3, 0.4) is 0 Å². The minimum Gasteiger partial charge on any atom is -0.481 e. The molecule has 104 valence electrons. The SMILES string of the molecule is O=C(O)CCCNC(=O)COCc1ccc(F)cc1. The van der Waals surface area contributed by atoms with Crippen LogP contribution in [0.15, 0.2) is 24.3 Å². The summed E-state index contributed by atoms with van der Waals surface area (Å²) in [6.45, 7) is 0.429. The summed E-state index contributed by atoms with van der Waals surface area (Å²) in [6.07, 6.45) is 0.412. The molecule has 0 aromatic heterocycles. The Morgan fingerprint density at radius 3 is 2.58 bits per heavy atom. The summed E-state index contributed by atoms with van der Waals surface area (Å²) in [4.78, 5) is 21.5. The number of aliphatic carboxylic acids is 1. The zero-order valence-electron chi connectivity index (χ0n) is 10.4. The van der Waals surface area contributed by atoms with E-state index in [0.29, 0.717) is 13.0 Å². The third kappa shape index (κ3) is 7.15. The molecule has 1 aromatic carbocycles. The van der Waals surface area contributed by atoms with Gasteiger partial charge in [-0.1, -0.05) is 12.1 Å². The molecule has 0 unspecified atom stereocenters. The Morgan fingerprint density at radius 1 is 1.26 bits per heavy atom. The van der Waals surface area contributed by atoms with Crippen LogP contribution in [0.25, 0.3) is 0 Å². The van der Waals surface area contributed by atoms with Gasteiger partial charge in [-0.15, -0.1) is 0 Å². The molecular weight excluding hydrogens is 253 g/mol. The van der Waals surface area contributed by atoms with Crippen molar-refractivity contribution in [1.82, 2.24) is 5.32 Å². The van der Waals surface area contributed by atoms with Crippen LogP contribution >= 0.6 is 0 Å². The van der Waals surface area contributed by atoms with Gasteiger partial charge in [-0.2, -0.15) is 0 Å². The molecule has 19 heavy (non-hydrogen) atoms. The van der Waals surface area contributed by atoms with E-state index in [-0.39, 0.29) is 31.4 Å². The Hall–Kier alpha value is -1.95. The van der Waals surface area contributed by atoms with Crippen molar-refractivity contribution in [2.75, 3.05) is 13.2 Å². The normalized spacial score (nSPS) is 10.2. The van der Waals surface area contributed by atoms with E-state index in [9.17, 15) is 14.0 Å². The van der Waals surface area contributed by atoms with Gasteiger partial charge in [-0.05, 0) is 24.1 Å². The van der Waals surface area contributed by atoms with Gasteiger partial charge in [0.2, 0.25) is 5.91 Å². The molecule has 0 heterocycles. The van der Waals surface area contributed by atoms with Crippen molar-refractivity contribution in [3.8, 4) is 0 Å². The lowest BCUT2D eigenvalue weighted by molar-refractivity contribution is -0.137. The van der Waals surface area contributed by atoms with E-state index in [1.54, 1.807) is 12.1 Å². The van der Waals surface area contributed by atoms with Gasteiger partial charge in [0.25, 0.3) is 0 Å². The van der Waals surface area contributed by atoms with Crippen LogP contribution in [0.5, 0.6) is 0 Å². The number of amides is 1. The Morgan fingerprint density at radius 2 is 1.95 bits per heavy atom. The first-order valence-corrected chi connectivity index (χ1v) is 5.88.